The van der Waals surface area contributed by atoms with E-state index in [0.717, 1.165) is 21.5 Å². The molecule has 1 aromatic carbocycles. The Morgan fingerprint density at radius 1 is 1.16 bits per heavy atom. The average molecular weight is 323 g/mol. The quantitative estimate of drug-likeness (QED) is 0.915. The normalized spacial score (nSPS) is 10.1. The van der Waals surface area contributed by atoms with E-state index in [1.165, 1.54) is 0 Å². The van der Waals surface area contributed by atoms with Gasteiger partial charge in [0.2, 0.25) is 5.88 Å². The summed E-state index contributed by atoms with van der Waals surface area (Å²) in [5, 5.41) is 3.32. The fourth-order valence-corrected chi connectivity index (χ4v) is 2.01. The molecule has 19 heavy (non-hydrogen) atoms. The Hall–Kier alpha value is -1.75. The molecule has 100 valence electrons. The zero-order chi connectivity index (χ0) is 13.7. The summed E-state index contributed by atoms with van der Waals surface area (Å²) in [5.41, 5.74) is 2.01. The highest BCUT2D eigenvalue weighted by molar-refractivity contribution is 9.10. The first kappa shape index (κ1) is 13.7. The van der Waals surface area contributed by atoms with Crippen LogP contribution in [0.15, 0.2) is 41.0 Å². The van der Waals surface area contributed by atoms with E-state index in [-0.39, 0.29) is 0 Å². The SMILES string of the molecule is COc1ccc(CNc2cc(Br)ccc2OC)cn1. The third-order valence-electron chi connectivity index (χ3n) is 2.65. The monoisotopic (exact) mass is 322 g/mol. The molecule has 1 aromatic heterocycles. The van der Waals surface area contributed by atoms with Crippen LogP contribution in [-0.2, 0) is 6.54 Å². The molecule has 1 N–H and O–H groups in total. The summed E-state index contributed by atoms with van der Waals surface area (Å²) < 4.78 is 11.3. The molecule has 0 aliphatic rings. The summed E-state index contributed by atoms with van der Waals surface area (Å²) >= 11 is 3.45. The van der Waals surface area contributed by atoms with Crippen molar-refractivity contribution in [2.45, 2.75) is 6.54 Å². The Bertz CT molecular complexity index is 544. The number of hydrogen-bond acceptors (Lipinski definition) is 4. The van der Waals surface area contributed by atoms with Crippen LogP contribution in [0, 0.1) is 0 Å². The third-order valence-corrected chi connectivity index (χ3v) is 3.14. The van der Waals surface area contributed by atoms with Crippen molar-refractivity contribution in [3.63, 3.8) is 0 Å². The van der Waals surface area contributed by atoms with Crippen LogP contribution >= 0.6 is 15.9 Å². The van der Waals surface area contributed by atoms with Crippen LogP contribution in [0.1, 0.15) is 5.56 Å². The van der Waals surface area contributed by atoms with E-state index in [1.54, 1.807) is 20.4 Å². The Kier molecular flexibility index (Phi) is 4.63. The molecule has 4 nitrogen and oxygen atoms in total. The smallest absolute Gasteiger partial charge is 0.212 e. The maximum absolute atomic E-state index is 5.31. The van der Waals surface area contributed by atoms with Gasteiger partial charge in [0, 0.05) is 23.3 Å². The molecule has 1 heterocycles. The molecule has 0 aliphatic carbocycles. The van der Waals surface area contributed by atoms with Crippen LogP contribution in [0.3, 0.4) is 0 Å². The molecular weight excluding hydrogens is 308 g/mol. The van der Waals surface area contributed by atoms with Gasteiger partial charge in [0.05, 0.1) is 19.9 Å². The zero-order valence-corrected chi connectivity index (χ0v) is 12.4. The van der Waals surface area contributed by atoms with E-state index in [2.05, 4.69) is 26.2 Å². The van der Waals surface area contributed by atoms with Gasteiger partial charge in [0.15, 0.2) is 0 Å². The number of nitrogens with one attached hydrogen (secondary N) is 1. The summed E-state index contributed by atoms with van der Waals surface area (Å²) in [4.78, 5) is 4.17. The molecule has 0 saturated heterocycles. The van der Waals surface area contributed by atoms with Crippen LogP contribution in [0.2, 0.25) is 0 Å². The largest absolute Gasteiger partial charge is 0.495 e. The second kappa shape index (κ2) is 6.43. The average Bonchev–Trinajstić information content (AvgIpc) is 2.46. The molecule has 0 radical (unpaired) electrons. The zero-order valence-electron chi connectivity index (χ0n) is 10.8. The number of hydrogen-bond donors (Lipinski definition) is 1. The summed E-state index contributed by atoms with van der Waals surface area (Å²) in [6.07, 6.45) is 1.79. The molecule has 2 aromatic rings. The van der Waals surface area contributed by atoms with Crippen LogP contribution in [0.5, 0.6) is 11.6 Å². The second-order valence-corrected chi connectivity index (χ2v) is 4.82. The number of halogens is 1. The van der Waals surface area contributed by atoms with Crippen molar-refractivity contribution in [1.29, 1.82) is 0 Å². The predicted octanol–water partition coefficient (Wildman–Crippen LogP) is 3.47. The number of methoxy groups -OCH3 is 2. The maximum Gasteiger partial charge on any atom is 0.212 e. The lowest BCUT2D eigenvalue weighted by Crippen LogP contribution is -2.02. The number of aromatic nitrogens is 1. The van der Waals surface area contributed by atoms with Gasteiger partial charge in [0.25, 0.3) is 0 Å². The minimum absolute atomic E-state index is 0.615. The van der Waals surface area contributed by atoms with Crippen molar-refractivity contribution in [3.8, 4) is 11.6 Å². The van der Waals surface area contributed by atoms with Crippen molar-refractivity contribution in [3.05, 3.63) is 46.6 Å². The molecule has 0 unspecified atom stereocenters. The summed E-state index contributed by atoms with van der Waals surface area (Å²) in [6.45, 7) is 0.670. The molecule has 5 heteroatoms. The van der Waals surface area contributed by atoms with Crippen molar-refractivity contribution < 1.29 is 9.47 Å². The lowest BCUT2D eigenvalue weighted by atomic mass is 10.2. The number of benzene rings is 1. The number of ether oxygens (including phenoxy) is 2. The summed E-state index contributed by atoms with van der Waals surface area (Å²) in [7, 11) is 3.26. The van der Waals surface area contributed by atoms with E-state index in [9.17, 15) is 0 Å². The Balaban J connectivity index is 2.07. The van der Waals surface area contributed by atoms with Gasteiger partial charge in [-0.2, -0.15) is 0 Å². The highest BCUT2D eigenvalue weighted by Crippen LogP contribution is 2.28. The molecule has 2 rings (SSSR count). The summed E-state index contributed by atoms with van der Waals surface area (Å²) in [5.74, 6) is 1.42. The van der Waals surface area contributed by atoms with E-state index < -0.39 is 0 Å². The van der Waals surface area contributed by atoms with Crippen molar-refractivity contribution in [1.82, 2.24) is 4.98 Å². The lowest BCUT2D eigenvalue weighted by molar-refractivity contribution is 0.397. The minimum Gasteiger partial charge on any atom is -0.495 e. The molecule has 0 bridgehead atoms. The van der Waals surface area contributed by atoms with Crippen molar-refractivity contribution in [2.24, 2.45) is 0 Å². The molecular formula is C14H15BrN2O2. The number of anilines is 1. The first-order valence-corrected chi connectivity index (χ1v) is 6.58. The number of nitrogens with zero attached hydrogens (tertiary/aromatic N) is 1. The Morgan fingerprint density at radius 3 is 2.63 bits per heavy atom. The van der Waals surface area contributed by atoms with Gasteiger partial charge < -0.3 is 14.8 Å². The number of pyridine rings is 1. The van der Waals surface area contributed by atoms with Gasteiger partial charge in [-0.25, -0.2) is 4.98 Å². The molecule has 0 spiro atoms. The predicted molar refractivity (Wildman–Crippen MR) is 78.8 cm³/mol. The van der Waals surface area contributed by atoms with Crippen LogP contribution in [-0.4, -0.2) is 19.2 Å². The summed E-state index contributed by atoms with van der Waals surface area (Å²) in [6, 6.07) is 9.66. The van der Waals surface area contributed by atoms with Crippen molar-refractivity contribution >= 4 is 21.6 Å². The minimum atomic E-state index is 0.615. The van der Waals surface area contributed by atoms with Crippen molar-refractivity contribution in [2.75, 3.05) is 19.5 Å². The second-order valence-electron chi connectivity index (χ2n) is 3.91. The first-order chi connectivity index (χ1) is 9.22. The van der Waals surface area contributed by atoms with Gasteiger partial charge in [-0.1, -0.05) is 22.0 Å². The van der Waals surface area contributed by atoms with Gasteiger partial charge in [0.1, 0.15) is 5.75 Å². The Labute approximate surface area is 120 Å². The molecule has 0 amide bonds. The van der Waals surface area contributed by atoms with E-state index in [4.69, 9.17) is 9.47 Å². The lowest BCUT2D eigenvalue weighted by Gasteiger charge is -2.11. The maximum atomic E-state index is 5.31. The fraction of sp³-hybridized carbons (Fsp3) is 0.214. The topological polar surface area (TPSA) is 43.4 Å². The number of rotatable bonds is 5. The van der Waals surface area contributed by atoms with E-state index in [0.29, 0.717) is 12.4 Å². The van der Waals surface area contributed by atoms with Gasteiger partial charge >= 0.3 is 0 Å². The van der Waals surface area contributed by atoms with Crippen LogP contribution in [0.4, 0.5) is 5.69 Å². The van der Waals surface area contributed by atoms with E-state index in [1.807, 2.05) is 30.3 Å². The molecule has 0 atom stereocenters. The Morgan fingerprint density at radius 2 is 2.00 bits per heavy atom. The van der Waals surface area contributed by atoms with Crippen LogP contribution in [0.25, 0.3) is 0 Å². The van der Waals surface area contributed by atoms with E-state index >= 15 is 0 Å². The van der Waals surface area contributed by atoms with Gasteiger partial charge in [-0.15, -0.1) is 0 Å². The van der Waals surface area contributed by atoms with Crippen LogP contribution < -0.4 is 14.8 Å². The molecule has 0 fully saturated rings. The highest BCUT2D eigenvalue weighted by atomic mass is 79.9. The highest BCUT2D eigenvalue weighted by Gasteiger charge is 2.03. The fourth-order valence-electron chi connectivity index (χ4n) is 1.65. The van der Waals surface area contributed by atoms with Gasteiger partial charge in [-0.05, 0) is 23.8 Å². The molecule has 0 saturated carbocycles. The van der Waals surface area contributed by atoms with Gasteiger partial charge in [-0.3, -0.25) is 0 Å². The molecule has 0 aliphatic heterocycles. The first-order valence-electron chi connectivity index (χ1n) is 5.79. The third kappa shape index (κ3) is 3.61. The standard InChI is InChI=1S/C14H15BrN2O2/c1-18-13-5-4-11(15)7-12(13)16-8-10-3-6-14(19-2)17-9-10/h3-7,9,16H,8H2,1-2H3.